The van der Waals surface area contributed by atoms with Crippen molar-refractivity contribution in [1.82, 2.24) is 19.5 Å². The highest BCUT2D eigenvalue weighted by Crippen LogP contribution is 2.29. The van der Waals surface area contributed by atoms with E-state index in [9.17, 15) is 0 Å². The third-order valence-electron chi connectivity index (χ3n) is 4.32. The summed E-state index contributed by atoms with van der Waals surface area (Å²) in [5.41, 5.74) is 1.21. The molecule has 0 spiro atoms. The van der Waals surface area contributed by atoms with Crippen molar-refractivity contribution in [3.63, 3.8) is 0 Å². The summed E-state index contributed by atoms with van der Waals surface area (Å²) in [6.45, 7) is 4.36. The summed E-state index contributed by atoms with van der Waals surface area (Å²) in [6, 6.07) is 1.85. The van der Waals surface area contributed by atoms with Gasteiger partial charge in [0.25, 0.3) is 0 Å². The van der Waals surface area contributed by atoms with Gasteiger partial charge in [-0.25, -0.2) is 15.0 Å². The summed E-state index contributed by atoms with van der Waals surface area (Å²) >= 11 is 0. The van der Waals surface area contributed by atoms with E-state index in [0.29, 0.717) is 5.92 Å². The Morgan fingerprint density at radius 2 is 1.91 bits per heavy atom. The first-order chi connectivity index (χ1) is 10.9. The zero-order valence-electron chi connectivity index (χ0n) is 12.6. The highest BCUT2D eigenvalue weighted by molar-refractivity contribution is 5.30. The summed E-state index contributed by atoms with van der Waals surface area (Å²) in [5.74, 6) is 2.02. The van der Waals surface area contributed by atoms with Crippen LogP contribution in [-0.2, 0) is 17.8 Å². The van der Waals surface area contributed by atoms with Crippen molar-refractivity contribution >= 4 is 5.95 Å². The first kappa shape index (κ1) is 13.7. The number of imidazole rings is 1. The highest BCUT2D eigenvalue weighted by Gasteiger charge is 2.25. The van der Waals surface area contributed by atoms with Gasteiger partial charge in [-0.15, -0.1) is 0 Å². The molecule has 6 heteroatoms. The number of anilines is 1. The van der Waals surface area contributed by atoms with Crippen molar-refractivity contribution in [2.45, 2.75) is 25.9 Å². The molecule has 0 saturated heterocycles. The van der Waals surface area contributed by atoms with Crippen molar-refractivity contribution in [3.05, 3.63) is 36.7 Å². The zero-order chi connectivity index (χ0) is 14.8. The predicted molar refractivity (Wildman–Crippen MR) is 82.3 cm³/mol. The molecule has 2 aromatic rings. The molecule has 0 N–H and O–H groups in total. The maximum absolute atomic E-state index is 5.93. The van der Waals surface area contributed by atoms with Gasteiger partial charge >= 0.3 is 0 Å². The van der Waals surface area contributed by atoms with Gasteiger partial charge in [0.2, 0.25) is 5.95 Å². The van der Waals surface area contributed by atoms with Gasteiger partial charge in [-0.05, 0) is 24.8 Å². The Labute approximate surface area is 130 Å². The number of rotatable bonds is 5. The van der Waals surface area contributed by atoms with Crippen LogP contribution in [0.5, 0.6) is 0 Å². The summed E-state index contributed by atoms with van der Waals surface area (Å²) < 4.78 is 8.16. The van der Waals surface area contributed by atoms with Crippen molar-refractivity contribution in [2.24, 2.45) is 11.8 Å². The Bertz CT molecular complexity index is 610. The molecule has 0 radical (unpaired) electrons. The Balaban J connectivity index is 1.49. The van der Waals surface area contributed by atoms with Gasteiger partial charge in [0.05, 0.1) is 25.2 Å². The minimum absolute atomic E-state index is 0.429. The smallest absolute Gasteiger partial charge is 0.225 e. The molecule has 2 aliphatic rings. The Kier molecular flexibility index (Phi) is 3.76. The summed E-state index contributed by atoms with van der Waals surface area (Å²) in [7, 11) is 0. The lowest BCUT2D eigenvalue weighted by Gasteiger charge is -2.23. The molecule has 6 nitrogen and oxygen atoms in total. The van der Waals surface area contributed by atoms with Crippen molar-refractivity contribution in [1.29, 1.82) is 0 Å². The average Bonchev–Trinajstić information content (AvgIpc) is 3.31. The summed E-state index contributed by atoms with van der Waals surface area (Å²) in [6.07, 6.45) is 10.1. The molecule has 2 aromatic heterocycles. The summed E-state index contributed by atoms with van der Waals surface area (Å²) in [5, 5.41) is 0. The van der Waals surface area contributed by atoms with Crippen LogP contribution < -0.4 is 4.90 Å². The zero-order valence-corrected chi connectivity index (χ0v) is 12.6. The third-order valence-corrected chi connectivity index (χ3v) is 4.32. The van der Waals surface area contributed by atoms with Gasteiger partial charge in [0.15, 0.2) is 0 Å². The molecule has 1 aliphatic heterocycles. The lowest BCUT2D eigenvalue weighted by Crippen LogP contribution is -2.31. The largest absolute Gasteiger partial charge is 0.381 e. The van der Waals surface area contributed by atoms with Crippen LogP contribution >= 0.6 is 0 Å². The number of ether oxygens (including phenoxy) is 1. The van der Waals surface area contributed by atoms with Crippen LogP contribution in [-0.4, -0.2) is 39.3 Å². The van der Waals surface area contributed by atoms with E-state index in [4.69, 9.17) is 4.74 Å². The lowest BCUT2D eigenvalue weighted by atomic mass is 10.1. The standard InChI is InChI=1S/C16H21N5O/c1-4-18-16(19-5-1)20-7-14(11-22-10-13-2-3-13)8-21-12-17-6-15(21)9-20/h1,4-6,12-14H,2-3,7-11H2. The van der Waals surface area contributed by atoms with Crippen molar-refractivity contribution in [2.75, 3.05) is 24.7 Å². The minimum Gasteiger partial charge on any atom is -0.381 e. The molecule has 1 atom stereocenters. The van der Waals surface area contributed by atoms with Crippen LogP contribution in [0.1, 0.15) is 18.5 Å². The Hall–Kier alpha value is -1.95. The molecule has 4 rings (SSSR count). The first-order valence-electron chi connectivity index (χ1n) is 7.97. The van der Waals surface area contributed by atoms with E-state index in [1.54, 1.807) is 12.4 Å². The van der Waals surface area contributed by atoms with Gasteiger partial charge < -0.3 is 14.2 Å². The number of hydrogen-bond acceptors (Lipinski definition) is 5. The van der Waals surface area contributed by atoms with E-state index < -0.39 is 0 Å². The number of nitrogens with zero attached hydrogens (tertiary/aromatic N) is 5. The van der Waals surface area contributed by atoms with E-state index in [-0.39, 0.29) is 0 Å². The topological polar surface area (TPSA) is 56.1 Å². The molecular weight excluding hydrogens is 278 g/mol. The predicted octanol–water partition coefficient (Wildman–Crippen LogP) is 1.74. The summed E-state index contributed by atoms with van der Waals surface area (Å²) in [4.78, 5) is 15.3. The van der Waals surface area contributed by atoms with Gasteiger partial charge in [0, 0.05) is 44.2 Å². The Morgan fingerprint density at radius 3 is 2.73 bits per heavy atom. The van der Waals surface area contributed by atoms with Crippen molar-refractivity contribution < 1.29 is 4.74 Å². The highest BCUT2D eigenvalue weighted by atomic mass is 16.5. The first-order valence-corrected chi connectivity index (χ1v) is 7.97. The van der Waals surface area contributed by atoms with Crippen molar-refractivity contribution in [3.8, 4) is 0 Å². The SMILES string of the molecule is c1cnc(N2Cc3cncn3CC(COCC3CC3)C2)nc1. The van der Waals surface area contributed by atoms with Crippen LogP contribution in [0.3, 0.4) is 0 Å². The Morgan fingerprint density at radius 1 is 1.09 bits per heavy atom. The maximum Gasteiger partial charge on any atom is 0.225 e. The quantitative estimate of drug-likeness (QED) is 0.841. The fourth-order valence-corrected chi connectivity index (χ4v) is 2.95. The molecule has 0 amide bonds. The van der Waals surface area contributed by atoms with E-state index in [0.717, 1.165) is 44.7 Å². The van der Waals surface area contributed by atoms with Gasteiger partial charge in [0.1, 0.15) is 0 Å². The normalized spacial score (nSPS) is 21.5. The lowest BCUT2D eigenvalue weighted by molar-refractivity contribution is 0.0882. The second-order valence-electron chi connectivity index (χ2n) is 6.31. The molecule has 22 heavy (non-hydrogen) atoms. The second kappa shape index (κ2) is 6.04. The van der Waals surface area contributed by atoms with Crippen LogP contribution in [0.2, 0.25) is 0 Å². The van der Waals surface area contributed by atoms with Crippen LogP contribution in [0.25, 0.3) is 0 Å². The molecule has 1 unspecified atom stereocenters. The number of aromatic nitrogens is 4. The monoisotopic (exact) mass is 299 g/mol. The average molecular weight is 299 g/mol. The van der Waals surface area contributed by atoms with E-state index >= 15 is 0 Å². The molecule has 1 saturated carbocycles. The molecule has 0 aromatic carbocycles. The molecular formula is C16H21N5O. The van der Waals surface area contributed by atoms with E-state index in [1.807, 2.05) is 18.6 Å². The fraction of sp³-hybridized carbons (Fsp3) is 0.562. The van der Waals surface area contributed by atoms with Crippen LogP contribution in [0, 0.1) is 11.8 Å². The third kappa shape index (κ3) is 3.11. The molecule has 0 bridgehead atoms. The van der Waals surface area contributed by atoms with Crippen LogP contribution in [0.4, 0.5) is 5.95 Å². The number of hydrogen-bond donors (Lipinski definition) is 0. The minimum atomic E-state index is 0.429. The second-order valence-corrected chi connectivity index (χ2v) is 6.31. The van der Waals surface area contributed by atoms with Crippen LogP contribution in [0.15, 0.2) is 31.0 Å². The molecule has 116 valence electrons. The van der Waals surface area contributed by atoms with Gasteiger partial charge in [-0.1, -0.05) is 0 Å². The van der Waals surface area contributed by atoms with Gasteiger partial charge in [-0.3, -0.25) is 0 Å². The number of fused-ring (bicyclic) bond motifs is 1. The van der Waals surface area contributed by atoms with Gasteiger partial charge in [-0.2, -0.15) is 0 Å². The van der Waals surface area contributed by atoms with E-state index in [1.165, 1.54) is 18.5 Å². The van der Waals surface area contributed by atoms with E-state index in [2.05, 4.69) is 24.4 Å². The molecule has 3 heterocycles. The molecule has 1 fully saturated rings. The fourth-order valence-electron chi connectivity index (χ4n) is 2.95. The maximum atomic E-state index is 5.93. The molecule has 1 aliphatic carbocycles.